The Hall–Kier alpha value is -2.07. The molecule has 0 saturated carbocycles. The summed E-state index contributed by atoms with van der Waals surface area (Å²) in [4.78, 5) is 0. The summed E-state index contributed by atoms with van der Waals surface area (Å²) in [6, 6.07) is 19.1. The molecule has 1 heteroatoms. The van der Waals surface area contributed by atoms with Crippen LogP contribution in [0.2, 0.25) is 0 Å². The van der Waals surface area contributed by atoms with Crippen LogP contribution in [0.25, 0.3) is 0 Å². The van der Waals surface area contributed by atoms with Gasteiger partial charge in [-0.25, -0.2) is 0 Å². The summed E-state index contributed by atoms with van der Waals surface area (Å²) in [7, 11) is 0. The fraction of sp³-hybridized carbons (Fsp3) is 0.381. The van der Waals surface area contributed by atoms with E-state index in [1.54, 1.807) is 0 Å². The fourth-order valence-electron chi connectivity index (χ4n) is 2.73. The van der Waals surface area contributed by atoms with Gasteiger partial charge in [0.25, 0.3) is 0 Å². The van der Waals surface area contributed by atoms with Crippen molar-refractivity contribution in [1.82, 2.24) is 0 Å². The Balaban J connectivity index is 2.19. The number of nitriles is 1. The summed E-state index contributed by atoms with van der Waals surface area (Å²) < 4.78 is 0. The van der Waals surface area contributed by atoms with Crippen LogP contribution >= 0.6 is 0 Å². The van der Waals surface area contributed by atoms with Gasteiger partial charge in [0.05, 0.1) is 11.6 Å². The van der Waals surface area contributed by atoms with Crippen molar-refractivity contribution in [1.29, 1.82) is 5.26 Å². The van der Waals surface area contributed by atoms with Gasteiger partial charge < -0.3 is 0 Å². The van der Waals surface area contributed by atoms with Crippen LogP contribution < -0.4 is 0 Å². The Bertz CT molecular complexity index is 662. The molecule has 2 rings (SSSR count). The standard InChI is InChI=1S/C21H25N/c1-20(2,3)18-10-6-16(7-11-18)14-21(4,5)19-12-8-17(15-22)9-13-19/h6-13H,14H2,1-5H3. The zero-order chi connectivity index (χ0) is 16.4. The largest absolute Gasteiger partial charge is 0.192 e. The van der Waals surface area contributed by atoms with Crippen molar-refractivity contribution in [2.24, 2.45) is 0 Å². The molecule has 0 aliphatic rings. The lowest BCUT2D eigenvalue weighted by atomic mass is 9.78. The number of nitrogens with zero attached hydrogens (tertiary/aromatic N) is 1. The maximum Gasteiger partial charge on any atom is 0.0991 e. The number of hydrogen-bond donors (Lipinski definition) is 0. The lowest BCUT2D eigenvalue weighted by Gasteiger charge is -2.26. The molecule has 0 atom stereocenters. The van der Waals surface area contributed by atoms with E-state index >= 15 is 0 Å². The molecule has 0 aliphatic carbocycles. The predicted molar refractivity (Wildman–Crippen MR) is 93.0 cm³/mol. The first-order valence-electron chi connectivity index (χ1n) is 7.82. The average Bonchev–Trinajstić information content (AvgIpc) is 2.46. The molecule has 0 fully saturated rings. The molecule has 0 unspecified atom stereocenters. The summed E-state index contributed by atoms with van der Waals surface area (Å²) >= 11 is 0. The van der Waals surface area contributed by atoms with Crippen LogP contribution in [0.15, 0.2) is 48.5 Å². The third-order valence-electron chi connectivity index (χ3n) is 4.26. The Morgan fingerprint density at radius 1 is 0.773 bits per heavy atom. The van der Waals surface area contributed by atoms with Gasteiger partial charge in [0.2, 0.25) is 0 Å². The van der Waals surface area contributed by atoms with E-state index in [0.29, 0.717) is 5.56 Å². The van der Waals surface area contributed by atoms with Crippen molar-refractivity contribution in [3.05, 3.63) is 70.8 Å². The molecule has 1 nitrogen and oxygen atoms in total. The number of hydrogen-bond acceptors (Lipinski definition) is 1. The highest BCUT2D eigenvalue weighted by atomic mass is 14.3. The topological polar surface area (TPSA) is 23.8 Å². The molecule has 2 aromatic carbocycles. The van der Waals surface area contributed by atoms with Crippen LogP contribution in [0.5, 0.6) is 0 Å². The highest BCUT2D eigenvalue weighted by Gasteiger charge is 2.21. The monoisotopic (exact) mass is 291 g/mol. The Morgan fingerprint density at radius 3 is 1.73 bits per heavy atom. The third kappa shape index (κ3) is 3.77. The minimum absolute atomic E-state index is 0.0528. The Morgan fingerprint density at radius 2 is 1.27 bits per heavy atom. The minimum Gasteiger partial charge on any atom is -0.192 e. The van der Waals surface area contributed by atoms with E-state index < -0.39 is 0 Å². The first-order valence-corrected chi connectivity index (χ1v) is 7.82. The Labute approximate surface area is 134 Å². The van der Waals surface area contributed by atoms with E-state index in [0.717, 1.165) is 6.42 Å². The van der Waals surface area contributed by atoms with Crippen molar-refractivity contribution >= 4 is 0 Å². The maximum atomic E-state index is 8.91. The summed E-state index contributed by atoms with van der Waals surface area (Å²) in [6.45, 7) is 11.2. The fourth-order valence-corrected chi connectivity index (χ4v) is 2.73. The van der Waals surface area contributed by atoms with E-state index in [1.807, 2.05) is 12.1 Å². The molecule has 0 N–H and O–H groups in total. The molecule has 0 radical (unpaired) electrons. The molecular formula is C21H25N. The van der Waals surface area contributed by atoms with Gasteiger partial charge in [-0.3, -0.25) is 0 Å². The molecule has 0 amide bonds. The molecule has 0 saturated heterocycles. The van der Waals surface area contributed by atoms with Crippen LogP contribution in [-0.4, -0.2) is 0 Å². The van der Waals surface area contributed by atoms with Crippen molar-refractivity contribution in [3.8, 4) is 6.07 Å². The lowest BCUT2D eigenvalue weighted by molar-refractivity contribution is 0.521. The van der Waals surface area contributed by atoms with Crippen LogP contribution in [0, 0.1) is 11.3 Å². The van der Waals surface area contributed by atoms with E-state index in [-0.39, 0.29) is 10.8 Å². The molecule has 2 aromatic rings. The van der Waals surface area contributed by atoms with Crippen molar-refractivity contribution in [3.63, 3.8) is 0 Å². The van der Waals surface area contributed by atoms with Crippen LogP contribution in [-0.2, 0) is 17.3 Å². The molecular weight excluding hydrogens is 266 g/mol. The van der Waals surface area contributed by atoms with Crippen LogP contribution in [0.3, 0.4) is 0 Å². The highest BCUT2D eigenvalue weighted by molar-refractivity contribution is 5.36. The van der Waals surface area contributed by atoms with Crippen molar-refractivity contribution in [2.75, 3.05) is 0 Å². The number of rotatable bonds is 3. The van der Waals surface area contributed by atoms with Crippen LogP contribution in [0.4, 0.5) is 0 Å². The van der Waals surface area contributed by atoms with Gasteiger partial charge >= 0.3 is 0 Å². The van der Waals surface area contributed by atoms with E-state index in [1.165, 1.54) is 16.7 Å². The molecule has 0 bridgehead atoms. The summed E-state index contributed by atoms with van der Waals surface area (Å²) in [5, 5.41) is 8.91. The normalized spacial score (nSPS) is 12.0. The van der Waals surface area contributed by atoms with Gasteiger partial charge in [-0.15, -0.1) is 0 Å². The van der Waals surface area contributed by atoms with E-state index in [2.05, 4.69) is 77.1 Å². The minimum atomic E-state index is 0.0528. The first-order chi connectivity index (χ1) is 10.2. The van der Waals surface area contributed by atoms with Gasteiger partial charge in [0, 0.05) is 0 Å². The van der Waals surface area contributed by atoms with Gasteiger partial charge in [0.15, 0.2) is 0 Å². The van der Waals surface area contributed by atoms with E-state index in [4.69, 9.17) is 5.26 Å². The molecule has 0 aliphatic heterocycles. The second-order valence-electron chi connectivity index (χ2n) is 7.70. The predicted octanol–water partition coefficient (Wildman–Crippen LogP) is 5.38. The third-order valence-corrected chi connectivity index (χ3v) is 4.26. The van der Waals surface area contributed by atoms with Gasteiger partial charge in [-0.1, -0.05) is 71.0 Å². The maximum absolute atomic E-state index is 8.91. The van der Waals surface area contributed by atoms with Crippen LogP contribution in [0.1, 0.15) is 56.9 Å². The van der Waals surface area contributed by atoms with Gasteiger partial charge in [-0.2, -0.15) is 5.26 Å². The smallest absolute Gasteiger partial charge is 0.0991 e. The first kappa shape index (κ1) is 16.3. The second-order valence-corrected chi connectivity index (χ2v) is 7.70. The molecule has 114 valence electrons. The SMILES string of the molecule is CC(C)(C)c1ccc(CC(C)(C)c2ccc(C#N)cc2)cc1. The summed E-state index contributed by atoms with van der Waals surface area (Å²) in [5.74, 6) is 0. The summed E-state index contributed by atoms with van der Waals surface area (Å²) in [5.41, 5.74) is 4.95. The molecule has 0 aromatic heterocycles. The zero-order valence-electron chi connectivity index (χ0n) is 14.3. The van der Waals surface area contributed by atoms with Crippen molar-refractivity contribution < 1.29 is 0 Å². The highest BCUT2D eigenvalue weighted by Crippen LogP contribution is 2.29. The average molecular weight is 291 g/mol. The molecule has 22 heavy (non-hydrogen) atoms. The second kappa shape index (κ2) is 5.97. The summed E-state index contributed by atoms with van der Waals surface area (Å²) in [6.07, 6.45) is 0.989. The Kier molecular flexibility index (Phi) is 4.42. The molecule has 0 spiro atoms. The van der Waals surface area contributed by atoms with Gasteiger partial charge in [-0.05, 0) is 46.1 Å². The van der Waals surface area contributed by atoms with Gasteiger partial charge in [0.1, 0.15) is 0 Å². The van der Waals surface area contributed by atoms with Crippen molar-refractivity contribution in [2.45, 2.75) is 51.9 Å². The quantitative estimate of drug-likeness (QED) is 0.745. The lowest BCUT2D eigenvalue weighted by Crippen LogP contribution is -2.20. The number of benzene rings is 2. The molecule has 0 heterocycles. The van der Waals surface area contributed by atoms with E-state index in [9.17, 15) is 0 Å². The zero-order valence-corrected chi connectivity index (χ0v) is 14.3.